The maximum absolute atomic E-state index is 11.8. The van der Waals surface area contributed by atoms with Crippen LogP contribution in [0.2, 0.25) is 0 Å². The van der Waals surface area contributed by atoms with Gasteiger partial charge < -0.3 is 15.8 Å². The Morgan fingerprint density at radius 2 is 1.96 bits per heavy atom. The standard InChI is InChI=1S/C15H15N3O4S/c1-9-2-4-10(5-3-9)14-18-11(8-23-14)15(21)22-7-13(20)17-6-12(16)19/h2-5,8H,6-7H2,1H3,(H2,16,19)(H,17,20). The van der Waals surface area contributed by atoms with Crippen molar-refractivity contribution in [2.75, 3.05) is 13.2 Å². The zero-order chi connectivity index (χ0) is 16.8. The number of aromatic nitrogens is 1. The number of hydrogen-bond donors (Lipinski definition) is 2. The number of esters is 1. The van der Waals surface area contributed by atoms with E-state index in [0.717, 1.165) is 11.1 Å². The molecule has 0 bridgehead atoms. The molecule has 0 atom stereocenters. The van der Waals surface area contributed by atoms with Crippen LogP contribution in [0, 0.1) is 6.92 Å². The summed E-state index contributed by atoms with van der Waals surface area (Å²) in [6.07, 6.45) is 0. The quantitative estimate of drug-likeness (QED) is 0.762. The molecule has 0 saturated carbocycles. The fraction of sp³-hybridized carbons (Fsp3) is 0.200. The Kier molecular flexibility index (Phi) is 5.42. The second kappa shape index (κ2) is 7.50. The Morgan fingerprint density at radius 1 is 1.26 bits per heavy atom. The average Bonchev–Trinajstić information content (AvgIpc) is 3.01. The van der Waals surface area contributed by atoms with Gasteiger partial charge in [0, 0.05) is 10.9 Å². The smallest absolute Gasteiger partial charge is 0.358 e. The van der Waals surface area contributed by atoms with E-state index >= 15 is 0 Å². The summed E-state index contributed by atoms with van der Waals surface area (Å²) in [6, 6.07) is 7.75. The highest BCUT2D eigenvalue weighted by molar-refractivity contribution is 7.13. The SMILES string of the molecule is Cc1ccc(-c2nc(C(=O)OCC(=O)NCC(N)=O)cs2)cc1. The van der Waals surface area contributed by atoms with Gasteiger partial charge in [-0.05, 0) is 6.92 Å². The van der Waals surface area contributed by atoms with E-state index in [2.05, 4.69) is 10.3 Å². The van der Waals surface area contributed by atoms with Crippen LogP contribution >= 0.6 is 11.3 Å². The van der Waals surface area contributed by atoms with Crippen LogP contribution in [0.4, 0.5) is 0 Å². The largest absolute Gasteiger partial charge is 0.451 e. The minimum atomic E-state index is -0.700. The number of thiazole rings is 1. The molecule has 0 radical (unpaired) electrons. The van der Waals surface area contributed by atoms with Gasteiger partial charge in [-0.25, -0.2) is 9.78 Å². The summed E-state index contributed by atoms with van der Waals surface area (Å²) in [5, 5.41) is 4.47. The summed E-state index contributed by atoms with van der Waals surface area (Å²) in [5.74, 6) is -1.98. The first kappa shape index (κ1) is 16.6. The second-order valence-corrected chi connectivity index (χ2v) is 5.58. The van der Waals surface area contributed by atoms with Gasteiger partial charge in [0.2, 0.25) is 5.91 Å². The van der Waals surface area contributed by atoms with Crippen molar-refractivity contribution in [3.05, 3.63) is 40.9 Å². The van der Waals surface area contributed by atoms with E-state index in [1.165, 1.54) is 11.3 Å². The number of ether oxygens (including phenoxy) is 1. The second-order valence-electron chi connectivity index (χ2n) is 4.72. The van der Waals surface area contributed by atoms with Crippen molar-refractivity contribution in [1.82, 2.24) is 10.3 Å². The molecule has 0 unspecified atom stereocenters. The van der Waals surface area contributed by atoms with Gasteiger partial charge in [0.15, 0.2) is 12.3 Å². The lowest BCUT2D eigenvalue weighted by atomic mass is 10.2. The Hall–Kier alpha value is -2.74. The van der Waals surface area contributed by atoms with Crippen LogP contribution in [0.25, 0.3) is 10.6 Å². The number of nitrogens with zero attached hydrogens (tertiary/aromatic N) is 1. The molecule has 1 heterocycles. The Balaban J connectivity index is 1.92. The first-order chi connectivity index (χ1) is 11.0. The van der Waals surface area contributed by atoms with Gasteiger partial charge in [0.25, 0.3) is 5.91 Å². The topological polar surface area (TPSA) is 111 Å². The first-order valence-electron chi connectivity index (χ1n) is 6.70. The highest BCUT2D eigenvalue weighted by atomic mass is 32.1. The molecule has 0 aliphatic heterocycles. The Morgan fingerprint density at radius 3 is 2.61 bits per heavy atom. The van der Waals surface area contributed by atoms with Crippen molar-refractivity contribution < 1.29 is 19.1 Å². The van der Waals surface area contributed by atoms with E-state index in [9.17, 15) is 14.4 Å². The highest BCUT2D eigenvalue weighted by Gasteiger charge is 2.15. The third kappa shape index (κ3) is 4.89. The van der Waals surface area contributed by atoms with E-state index in [1.54, 1.807) is 5.38 Å². The molecule has 1 aromatic carbocycles. The number of amides is 2. The van der Waals surface area contributed by atoms with E-state index in [-0.39, 0.29) is 12.2 Å². The van der Waals surface area contributed by atoms with Crippen molar-refractivity contribution in [2.24, 2.45) is 5.73 Å². The maximum atomic E-state index is 11.8. The van der Waals surface area contributed by atoms with Crippen molar-refractivity contribution in [1.29, 1.82) is 0 Å². The number of rotatable bonds is 6. The summed E-state index contributed by atoms with van der Waals surface area (Å²) in [4.78, 5) is 37.9. The molecule has 2 rings (SSSR count). The molecule has 0 saturated heterocycles. The lowest BCUT2D eigenvalue weighted by Gasteiger charge is -2.03. The average molecular weight is 333 g/mol. The monoisotopic (exact) mass is 333 g/mol. The summed E-state index contributed by atoms with van der Waals surface area (Å²) in [5.41, 5.74) is 7.05. The fourth-order valence-electron chi connectivity index (χ4n) is 1.64. The van der Waals surface area contributed by atoms with E-state index in [1.807, 2.05) is 31.2 Å². The van der Waals surface area contributed by atoms with Crippen LogP contribution in [-0.2, 0) is 14.3 Å². The molecule has 120 valence electrons. The zero-order valence-electron chi connectivity index (χ0n) is 12.4. The minimum Gasteiger partial charge on any atom is -0.451 e. The van der Waals surface area contributed by atoms with Gasteiger partial charge in [0.1, 0.15) is 5.01 Å². The molecular weight excluding hydrogens is 318 g/mol. The number of primary amides is 1. The molecule has 2 aromatic rings. The molecule has 8 heteroatoms. The van der Waals surface area contributed by atoms with Crippen molar-refractivity contribution in [2.45, 2.75) is 6.92 Å². The Bertz CT molecular complexity index is 725. The van der Waals surface area contributed by atoms with Gasteiger partial charge in [-0.15, -0.1) is 11.3 Å². The number of nitrogens with two attached hydrogens (primary N) is 1. The number of hydrogen-bond acceptors (Lipinski definition) is 6. The van der Waals surface area contributed by atoms with Gasteiger partial charge in [0.05, 0.1) is 6.54 Å². The molecule has 0 aliphatic rings. The lowest BCUT2D eigenvalue weighted by Crippen LogP contribution is -2.36. The molecule has 23 heavy (non-hydrogen) atoms. The number of nitrogens with one attached hydrogen (secondary N) is 1. The van der Waals surface area contributed by atoms with Gasteiger partial charge >= 0.3 is 5.97 Å². The van der Waals surface area contributed by atoms with E-state index in [4.69, 9.17) is 10.5 Å². The molecule has 0 aliphatic carbocycles. The summed E-state index contributed by atoms with van der Waals surface area (Å²) in [6.45, 7) is 1.19. The molecule has 0 spiro atoms. The normalized spacial score (nSPS) is 10.1. The van der Waals surface area contributed by atoms with Gasteiger partial charge in [-0.1, -0.05) is 29.8 Å². The van der Waals surface area contributed by atoms with E-state index in [0.29, 0.717) is 5.01 Å². The molecule has 7 nitrogen and oxygen atoms in total. The minimum absolute atomic E-state index is 0.133. The van der Waals surface area contributed by atoms with Crippen LogP contribution in [0.5, 0.6) is 0 Å². The van der Waals surface area contributed by atoms with Crippen LogP contribution in [0.15, 0.2) is 29.6 Å². The zero-order valence-corrected chi connectivity index (χ0v) is 13.2. The molecular formula is C15H15N3O4S. The Labute approximate surface area is 136 Å². The van der Waals surface area contributed by atoms with Gasteiger partial charge in [-0.2, -0.15) is 0 Å². The first-order valence-corrected chi connectivity index (χ1v) is 7.58. The number of aryl methyl sites for hydroxylation is 1. The van der Waals surface area contributed by atoms with Gasteiger partial charge in [-0.3, -0.25) is 9.59 Å². The molecule has 3 N–H and O–H groups in total. The highest BCUT2D eigenvalue weighted by Crippen LogP contribution is 2.24. The summed E-state index contributed by atoms with van der Waals surface area (Å²) < 4.78 is 4.83. The fourth-order valence-corrected chi connectivity index (χ4v) is 2.43. The molecule has 2 amide bonds. The van der Waals surface area contributed by atoms with Crippen LogP contribution in [-0.4, -0.2) is 35.9 Å². The number of carbonyl (C=O) groups is 3. The molecule has 1 aromatic heterocycles. The third-order valence-corrected chi connectivity index (χ3v) is 3.70. The van der Waals surface area contributed by atoms with Crippen molar-refractivity contribution in [3.8, 4) is 10.6 Å². The van der Waals surface area contributed by atoms with Crippen LogP contribution in [0.3, 0.4) is 0 Å². The van der Waals surface area contributed by atoms with Crippen molar-refractivity contribution in [3.63, 3.8) is 0 Å². The van der Waals surface area contributed by atoms with Crippen molar-refractivity contribution >= 4 is 29.1 Å². The molecule has 0 fully saturated rings. The lowest BCUT2D eigenvalue weighted by molar-refractivity contribution is -0.127. The van der Waals surface area contributed by atoms with Crippen LogP contribution in [0.1, 0.15) is 16.1 Å². The third-order valence-electron chi connectivity index (χ3n) is 2.81. The van der Waals surface area contributed by atoms with E-state index < -0.39 is 24.4 Å². The number of carbonyl (C=O) groups excluding carboxylic acids is 3. The number of benzene rings is 1. The summed E-state index contributed by atoms with van der Waals surface area (Å²) in [7, 11) is 0. The predicted molar refractivity (Wildman–Crippen MR) is 84.8 cm³/mol. The van der Waals surface area contributed by atoms with Crippen LogP contribution < -0.4 is 11.1 Å². The predicted octanol–water partition coefficient (Wildman–Crippen LogP) is 0.877. The maximum Gasteiger partial charge on any atom is 0.358 e. The summed E-state index contributed by atoms with van der Waals surface area (Å²) >= 11 is 1.31.